The number of nitrogens with zero attached hydrogens (tertiary/aromatic N) is 5. The first kappa shape index (κ1) is 20.7. The fraction of sp³-hybridized carbons (Fsp3) is 0.417. The Kier molecular flexibility index (Phi) is 6.57. The molecule has 6 heteroatoms. The van der Waals surface area contributed by atoms with Gasteiger partial charge in [0.15, 0.2) is 0 Å². The number of aromatic nitrogens is 3. The number of imidazole rings is 1. The van der Waals surface area contributed by atoms with E-state index in [4.69, 9.17) is 0 Å². The summed E-state index contributed by atoms with van der Waals surface area (Å²) in [5.74, 6) is 1.05. The maximum Gasteiger partial charge on any atom is 0.127 e. The zero-order chi connectivity index (χ0) is 20.9. The summed E-state index contributed by atoms with van der Waals surface area (Å²) in [5, 5.41) is 9.63. The Balaban J connectivity index is 1.44. The number of hydrogen-bond acceptors (Lipinski definition) is 5. The quantitative estimate of drug-likeness (QED) is 0.655. The van der Waals surface area contributed by atoms with Crippen LogP contribution < -0.4 is 0 Å². The molecule has 0 amide bonds. The molecule has 0 saturated carbocycles. The van der Waals surface area contributed by atoms with Gasteiger partial charge in [-0.2, -0.15) is 0 Å². The van der Waals surface area contributed by atoms with E-state index in [9.17, 15) is 5.11 Å². The first-order valence-corrected chi connectivity index (χ1v) is 10.7. The van der Waals surface area contributed by atoms with Gasteiger partial charge in [-0.25, -0.2) is 4.98 Å². The van der Waals surface area contributed by atoms with Crippen LogP contribution in [-0.4, -0.2) is 61.7 Å². The molecule has 2 aromatic heterocycles. The molecule has 0 spiro atoms. The minimum atomic E-state index is 0.203. The van der Waals surface area contributed by atoms with Crippen LogP contribution in [0.3, 0.4) is 0 Å². The minimum absolute atomic E-state index is 0.203. The van der Waals surface area contributed by atoms with Crippen molar-refractivity contribution in [2.45, 2.75) is 39.4 Å². The van der Waals surface area contributed by atoms with Crippen molar-refractivity contribution in [3.63, 3.8) is 0 Å². The van der Waals surface area contributed by atoms with E-state index in [1.807, 2.05) is 25.4 Å². The SMILES string of the molecule is Cc1cccc(-n2ccnc2CN2CCN(Cc3cccc(C)n3)C(CCO)C2)c1. The Labute approximate surface area is 178 Å². The third kappa shape index (κ3) is 4.95. The molecule has 0 aliphatic carbocycles. The van der Waals surface area contributed by atoms with Crippen LogP contribution in [-0.2, 0) is 13.1 Å². The second kappa shape index (κ2) is 9.51. The van der Waals surface area contributed by atoms with E-state index >= 15 is 0 Å². The van der Waals surface area contributed by atoms with Crippen LogP contribution >= 0.6 is 0 Å². The third-order valence-corrected chi connectivity index (χ3v) is 5.82. The van der Waals surface area contributed by atoms with Gasteiger partial charge in [-0.1, -0.05) is 18.2 Å². The molecule has 3 aromatic rings. The zero-order valence-electron chi connectivity index (χ0n) is 17.9. The van der Waals surface area contributed by atoms with Gasteiger partial charge in [0.25, 0.3) is 0 Å². The maximum absolute atomic E-state index is 9.63. The van der Waals surface area contributed by atoms with Gasteiger partial charge in [0.1, 0.15) is 5.82 Å². The smallest absolute Gasteiger partial charge is 0.127 e. The maximum atomic E-state index is 9.63. The lowest BCUT2D eigenvalue weighted by molar-refractivity contribution is 0.0477. The number of piperazine rings is 1. The van der Waals surface area contributed by atoms with Crippen LogP contribution in [0.25, 0.3) is 5.69 Å². The second-order valence-electron chi connectivity index (χ2n) is 8.19. The highest BCUT2D eigenvalue weighted by atomic mass is 16.3. The van der Waals surface area contributed by atoms with Crippen molar-refractivity contribution in [2.24, 2.45) is 0 Å². The van der Waals surface area contributed by atoms with Crippen LogP contribution in [0.1, 0.15) is 29.2 Å². The fourth-order valence-electron chi connectivity index (χ4n) is 4.29. The summed E-state index contributed by atoms with van der Waals surface area (Å²) in [7, 11) is 0. The lowest BCUT2D eigenvalue weighted by Crippen LogP contribution is -2.52. The lowest BCUT2D eigenvalue weighted by atomic mass is 10.1. The number of aliphatic hydroxyl groups is 1. The topological polar surface area (TPSA) is 57.4 Å². The van der Waals surface area contributed by atoms with E-state index in [1.165, 1.54) is 5.56 Å². The number of aliphatic hydroxyl groups excluding tert-OH is 1. The predicted octanol–water partition coefficient (Wildman–Crippen LogP) is 2.95. The van der Waals surface area contributed by atoms with Gasteiger partial charge in [0, 0.05) is 62.6 Å². The van der Waals surface area contributed by atoms with Crippen molar-refractivity contribution >= 4 is 0 Å². The van der Waals surface area contributed by atoms with E-state index in [2.05, 4.69) is 67.7 Å². The molecule has 0 radical (unpaired) electrons. The Morgan fingerprint density at radius 3 is 2.73 bits per heavy atom. The highest BCUT2D eigenvalue weighted by molar-refractivity contribution is 5.36. The average molecular weight is 406 g/mol. The molecule has 1 atom stereocenters. The highest BCUT2D eigenvalue weighted by Crippen LogP contribution is 2.19. The first-order chi connectivity index (χ1) is 14.6. The van der Waals surface area contributed by atoms with E-state index in [0.29, 0.717) is 6.04 Å². The molecule has 3 heterocycles. The highest BCUT2D eigenvalue weighted by Gasteiger charge is 2.27. The summed E-state index contributed by atoms with van der Waals surface area (Å²) in [6.45, 7) is 8.85. The summed E-state index contributed by atoms with van der Waals surface area (Å²) in [4.78, 5) is 14.2. The van der Waals surface area contributed by atoms with Crippen molar-refractivity contribution < 1.29 is 5.11 Å². The Hall–Kier alpha value is -2.54. The molecule has 1 saturated heterocycles. The van der Waals surface area contributed by atoms with Gasteiger partial charge in [-0.15, -0.1) is 0 Å². The standard InChI is InChI=1S/C24H31N5O/c1-19-5-3-8-22(15-19)29-11-10-25-24(29)18-27-12-13-28(23(17-27)9-14-30)16-21-7-4-6-20(2)26-21/h3-8,10-11,15,23,30H,9,12-14,16-18H2,1-2H3. The third-order valence-electron chi connectivity index (χ3n) is 5.82. The Morgan fingerprint density at radius 2 is 1.93 bits per heavy atom. The Morgan fingerprint density at radius 1 is 1.07 bits per heavy atom. The molecule has 1 aliphatic rings. The van der Waals surface area contributed by atoms with Crippen molar-refractivity contribution in [1.82, 2.24) is 24.3 Å². The first-order valence-electron chi connectivity index (χ1n) is 10.7. The molecule has 1 aliphatic heterocycles. The predicted molar refractivity (Wildman–Crippen MR) is 118 cm³/mol. The van der Waals surface area contributed by atoms with E-state index in [-0.39, 0.29) is 6.61 Å². The zero-order valence-corrected chi connectivity index (χ0v) is 17.9. The van der Waals surface area contributed by atoms with Crippen molar-refractivity contribution in [3.05, 3.63) is 77.6 Å². The summed E-state index contributed by atoms with van der Waals surface area (Å²) in [6, 6.07) is 15.0. The van der Waals surface area contributed by atoms with Gasteiger partial charge in [-0.3, -0.25) is 14.8 Å². The Bertz CT molecular complexity index is 969. The molecule has 0 bridgehead atoms. The summed E-state index contributed by atoms with van der Waals surface area (Å²) < 4.78 is 2.18. The van der Waals surface area contributed by atoms with Crippen LogP contribution in [0.5, 0.6) is 0 Å². The van der Waals surface area contributed by atoms with Crippen molar-refractivity contribution in [3.8, 4) is 5.69 Å². The van der Waals surface area contributed by atoms with Crippen LogP contribution in [0, 0.1) is 13.8 Å². The molecular weight excluding hydrogens is 374 g/mol. The van der Waals surface area contributed by atoms with Crippen LogP contribution in [0.2, 0.25) is 0 Å². The monoisotopic (exact) mass is 405 g/mol. The summed E-state index contributed by atoms with van der Waals surface area (Å²) in [6.07, 6.45) is 4.69. The largest absolute Gasteiger partial charge is 0.396 e. The van der Waals surface area contributed by atoms with Crippen molar-refractivity contribution in [1.29, 1.82) is 0 Å². The lowest BCUT2D eigenvalue weighted by Gasteiger charge is -2.41. The molecular formula is C24H31N5O. The number of hydrogen-bond donors (Lipinski definition) is 1. The summed E-state index contributed by atoms with van der Waals surface area (Å²) in [5.41, 5.74) is 4.54. The van der Waals surface area contributed by atoms with Crippen molar-refractivity contribution in [2.75, 3.05) is 26.2 Å². The number of benzene rings is 1. The molecule has 6 nitrogen and oxygen atoms in total. The van der Waals surface area contributed by atoms with E-state index < -0.39 is 0 Å². The number of pyridine rings is 1. The van der Waals surface area contributed by atoms with Gasteiger partial charge in [0.05, 0.1) is 12.2 Å². The van der Waals surface area contributed by atoms with Crippen LogP contribution in [0.15, 0.2) is 54.9 Å². The minimum Gasteiger partial charge on any atom is -0.396 e. The van der Waals surface area contributed by atoms with Gasteiger partial charge >= 0.3 is 0 Å². The molecule has 1 fully saturated rings. The molecule has 30 heavy (non-hydrogen) atoms. The molecule has 1 N–H and O–H groups in total. The fourth-order valence-corrected chi connectivity index (χ4v) is 4.29. The average Bonchev–Trinajstić information content (AvgIpc) is 3.18. The van der Waals surface area contributed by atoms with Gasteiger partial charge < -0.3 is 9.67 Å². The van der Waals surface area contributed by atoms with Gasteiger partial charge in [-0.05, 0) is 50.1 Å². The van der Waals surface area contributed by atoms with Crippen LogP contribution in [0.4, 0.5) is 0 Å². The van der Waals surface area contributed by atoms with Gasteiger partial charge in [0.2, 0.25) is 0 Å². The molecule has 1 aromatic carbocycles. The normalized spacial score (nSPS) is 18.0. The van der Waals surface area contributed by atoms with E-state index in [1.54, 1.807) is 0 Å². The summed E-state index contributed by atoms with van der Waals surface area (Å²) >= 11 is 0. The number of aryl methyl sites for hydroxylation is 2. The van der Waals surface area contributed by atoms with E-state index in [0.717, 1.165) is 62.0 Å². The molecule has 158 valence electrons. The molecule has 4 rings (SSSR count). The number of rotatable bonds is 7. The second-order valence-corrected chi connectivity index (χ2v) is 8.19. The molecule has 1 unspecified atom stereocenters.